The minimum atomic E-state index is -0.821. The van der Waals surface area contributed by atoms with E-state index >= 15 is 0 Å². The summed E-state index contributed by atoms with van der Waals surface area (Å²) in [6.45, 7) is 0. The molecule has 2 rings (SSSR count). The number of nitro groups is 1. The van der Waals surface area contributed by atoms with Gasteiger partial charge in [-0.05, 0) is 24.3 Å². The molecule has 1 N–H and O–H groups in total. The third-order valence-electron chi connectivity index (χ3n) is 3.54. The fourth-order valence-corrected chi connectivity index (χ4v) is 2.02. The average Bonchev–Trinajstić information content (AvgIpc) is 2.71. The van der Waals surface area contributed by atoms with Gasteiger partial charge in [0.05, 0.1) is 29.6 Å². The maximum Gasteiger partial charge on any atom is 0.343 e. The van der Waals surface area contributed by atoms with Gasteiger partial charge in [0.2, 0.25) is 11.0 Å². The highest BCUT2D eigenvalue weighted by Gasteiger charge is 2.24. The molecule has 0 atom stereocenters. The van der Waals surface area contributed by atoms with Crippen LogP contribution in [0.5, 0.6) is 11.5 Å². The molecule has 0 aliphatic heterocycles. The number of anilines is 1. The molecule has 0 aliphatic rings. The lowest BCUT2D eigenvalue weighted by Gasteiger charge is -2.09. The van der Waals surface area contributed by atoms with Crippen molar-refractivity contribution < 1.29 is 24.3 Å². The van der Waals surface area contributed by atoms with E-state index in [1.54, 1.807) is 25.2 Å². The topological polar surface area (TPSA) is 156 Å². The predicted molar refractivity (Wildman–Crippen MR) is 99.1 cm³/mol. The molecule has 0 unspecified atom stereocenters. The van der Waals surface area contributed by atoms with Crippen LogP contribution in [0.1, 0.15) is 15.9 Å². The zero-order valence-corrected chi connectivity index (χ0v) is 15.6. The van der Waals surface area contributed by atoms with E-state index in [4.69, 9.17) is 9.57 Å². The van der Waals surface area contributed by atoms with Crippen molar-refractivity contribution in [3.8, 4) is 17.6 Å². The summed E-state index contributed by atoms with van der Waals surface area (Å²) in [6, 6.07) is 9.83. The SMILES string of the molecule is CNc1ccc(C(=O)Oc2cc(ON=[N+]([O-])N(C)C)c([N+](=O)[O-])cc2C#N)cc1. The number of carbonyl (C=O) groups excluding carboxylic acids is 1. The fourth-order valence-electron chi connectivity index (χ4n) is 2.02. The molecule has 0 radical (unpaired) electrons. The van der Waals surface area contributed by atoms with Gasteiger partial charge in [-0.15, -0.1) is 0 Å². The Morgan fingerprint density at radius 3 is 2.38 bits per heavy atom. The van der Waals surface area contributed by atoms with Crippen LogP contribution in [0.2, 0.25) is 0 Å². The van der Waals surface area contributed by atoms with Crippen LogP contribution >= 0.6 is 0 Å². The summed E-state index contributed by atoms with van der Waals surface area (Å²) in [4.78, 5) is 27.6. The smallest absolute Gasteiger partial charge is 0.343 e. The summed E-state index contributed by atoms with van der Waals surface area (Å²) in [6.07, 6.45) is 0. The highest BCUT2D eigenvalue weighted by molar-refractivity contribution is 5.91. The Balaban J connectivity index is 2.40. The highest BCUT2D eigenvalue weighted by Crippen LogP contribution is 2.35. The minimum Gasteiger partial charge on any atom is -0.569 e. The van der Waals surface area contributed by atoms with Crippen LogP contribution in [-0.2, 0) is 0 Å². The molecule has 12 heteroatoms. The Bertz CT molecular complexity index is 997. The molecular weight excluding hydrogens is 384 g/mol. The van der Waals surface area contributed by atoms with E-state index in [2.05, 4.69) is 10.6 Å². The van der Waals surface area contributed by atoms with E-state index in [1.807, 2.05) is 0 Å². The van der Waals surface area contributed by atoms with Crippen molar-refractivity contribution in [2.75, 3.05) is 26.5 Å². The van der Waals surface area contributed by atoms with Gasteiger partial charge in [0.25, 0.3) is 0 Å². The molecular formula is C17H16N6O6. The first-order valence-corrected chi connectivity index (χ1v) is 8.01. The number of nitrogens with zero attached hydrogens (tertiary/aromatic N) is 5. The molecule has 150 valence electrons. The Morgan fingerprint density at radius 1 is 1.21 bits per heavy atom. The number of carbonyl (C=O) groups is 1. The number of nitro benzene ring substituents is 1. The molecule has 2 aromatic carbocycles. The standard InChI is InChI=1S/C17H16N6O6/c1-19-13-6-4-11(5-7-13)17(24)28-15-9-16(29-20-23(27)21(2)3)14(22(25)26)8-12(15)10-18/h4-9,19H,1-3H3. The van der Waals surface area contributed by atoms with E-state index in [0.717, 1.165) is 22.8 Å². The molecule has 0 aromatic heterocycles. The number of ether oxygens (including phenoxy) is 1. The highest BCUT2D eigenvalue weighted by atomic mass is 16.7. The van der Waals surface area contributed by atoms with Gasteiger partial charge in [0, 0.05) is 24.9 Å². The van der Waals surface area contributed by atoms with Gasteiger partial charge in [0.1, 0.15) is 11.6 Å². The van der Waals surface area contributed by atoms with Crippen LogP contribution in [0.3, 0.4) is 0 Å². The van der Waals surface area contributed by atoms with Crippen LogP contribution in [-0.4, -0.2) is 42.0 Å². The number of hydrazine groups is 1. The molecule has 0 heterocycles. The second-order valence-corrected chi connectivity index (χ2v) is 5.67. The Labute approximate surface area is 164 Å². The second-order valence-electron chi connectivity index (χ2n) is 5.67. The van der Waals surface area contributed by atoms with E-state index in [0.29, 0.717) is 0 Å². The predicted octanol–water partition coefficient (Wildman–Crippen LogP) is 2.46. The van der Waals surface area contributed by atoms with Gasteiger partial charge in [-0.25, -0.2) is 4.79 Å². The number of rotatable bonds is 7. The Hall–Kier alpha value is -4.40. The zero-order chi connectivity index (χ0) is 21.6. The fraction of sp³-hybridized carbons (Fsp3) is 0.176. The molecule has 0 spiro atoms. The third-order valence-corrected chi connectivity index (χ3v) is 3.54. The quantitative estimate of drug-likeness (QED) is 0.184. The number of nitrogens with one attached hydrogen (secondary N) is 1. The van der Waals surface area contributed by atoms with E-state index in [-0.39, 0.29) is 21.8 Å². The second kappa shape index (κ2) is 9.00. The Kier molecular flexibility index (Phi) is 6.49. The van der Waals surface area contributed by atoms with Crippen molar-refractivity contribution in [1.82, 2.24) is 5.01 Å². The van der Waals surface area contributed by atoms with Gasteiger partial charge in [0.15, 0.2) is 5.75 Å². The van der Waals surface area contributed by atoms with E-state index < -0.39 is 22.3 Å². The lowest BCUT2D eigenvalue weighted by Crippen LogP contribution is -2.21. The number of nitriles is 1. The normalized spacial score (nSPS) is 10.6. The van der Waals surface area contributed by atoms with Crippen molar-refractivity contribution in [1.29, 1.82) is 5.26 Å². The van der Waals surface area contributed by atoms with Crippen LogP contribution in [0, 0.1) is 26.7 Å². The van der Waals surface area contributed by atoms with Crippen molar-refractivity contribution >= 4 is 17.3 Å². The van der Waals surface area contributed by atoms with E-state index in [1.165, 1.54) is 26.2 Å². The summed E-state index contributed by atoms with van der Waals surface area (Å²) in [7, 11) is 4.47. The van der Waals surface area contributed by atoms with Crippen molar-refractivity contribution in [3.05, 3.63) is 62.8 Å². The lowest BCUT2D eigenvalue weighted by atomic mass is 10.1. The average molecular weight is 400 g/mol. The molecule has 0 saturated heterocycles. The molecule has 0 fully saturated rings. The summed E-state index contributed by atoms with van der Waals surface area (Å²) >= 11 is 0. The largest absolute Gasteiger partial charge is 0.569 e. The van der Waals surface area contributed by atoms with Crippen LogP contribution < -0.4 is 14.9 Å². The van der Waals surface area contributed by atoms with E-state index in [9.17, 15) is 25.4 Å². The minimum absolute atomic E-state index is 0.0386. The number of benzene rings is 2. The monoisotopic (exact) mass is 400 g/mol. The molecule has 0 amide bonds. The first-order chi connectivity index (χ1) is 13.8. The Morgan fingerprint density at radius 2 is 1.86 bits per heavy atom. The first kappa shape index (κ1) is 20.9. The molecule has 2 aromatic rings. The molecule has 0 bridgehead atoms. The third kappa shape index (κ3) is 5.07. The van der Waals surface area contributed by atoms with Gasteiger partial charge in [-0.3, -0.25) is 15.0 Å². The lowest BCUT2D eigenvalue weighted by molar-refractivity contribution is -0.695. The van der Waals surface area contributed by atoms with Gasteiger partial charge >= 0.3 is 11.7 Å². The number of esters is 1. The molecule has 29 heavy (non-hydrogen) atoms. The van der Waals surface area contributed by atoms with Gasteiger partial charge < -0.3 is 15.3 Å². The van der Waals surface area contributed by atoms with Crippen LogP contribution in [0.4, 0.5) is 11.4 Å². The van der Waals surface area contributed by atoms with Gasteiger partial charge in [-0.1, -0.05) is 0 Å². The van der Waals surface area contributed by atoms with Gasteiger partial charge in [-0.2, -0.15) is 10.3 Å². The summed E-state index contributed by atoms with van der Waals surface area (Å²) in [5.41, 5.74) is 0.0677. The zero-order valence-electron chi connectivity index (χ0n) is 15.6. The number of hydrogen-bond donors (Lipinski definition) is 1. The maximum absolute atomic E-state index is 12.4. The molecule has 0 saturated carbocycles. The summed E-state index contributed by atoms with van der Waals surface area (Å²) in [5.74, 6) is -1.56. The number of hydrogen-bond acceptors (Lipinski definition) is 9. The summed E-state index contributed by atoms with van der Waals surface area (Å²) in [5, 5.41) is 39.0. The molecule has 0 aliphatic carbocycles. The summed E-state index contributed by atoms with van der Waals surface area (Å²) < 4.78 is 5.20. The first-order valence-electron chi connectivity index (χ1n) is 8.01. The van der Waals surface area contributed by atoms with Crippen molar-refractivity contribution in [3.63, 3.8) is 0 Å². The maximum atomic E-state index is 12.4. The van der Waals surface area contributed by atoms with Crippen molar-refractivity contribution in [2.45, 2.75) is 0 Å². The van der Waals surface area contributed by atoms with Crippen LogP contribution in [0.25, 0.3) is 0 Å². The van der Waals surface area contributed by atoms with Crippen LogP contribution in [0.15, 0.2) is 41.7 Å². The molecule has 12 nitrogen and oxygen atoms in total. The van der Waals surface area contributed by atoms with Crippen molar-refractivity contribution in [2.24, 2.45) is 5.28 Å².